The molecule has 1 aliphatic heterocycles. The van der Waals surface area contributed by atoms with Crippen molar-refractivity contribution in [1.82, 2.24) is 4.90 Å². The average molecular weight is 183 g/mol. The van der Waals surface area contributed by atoms with Crippen molar-refractivity contribution in [2.75, 3.05) is 6.54 Å². The van der Waals surface area contributed by atoms with E-state index in [1.165, 1.54) is 4.90 Å². The van der Waals surface area contributed by atoms with Crippen LogP contribution < -0.4 is 0 Å². The number of imide groups is 1. The number of amides is 2. The molecule has 1 heterocycles. The summed E-state index contributed by atoms with van der Waals surface area (Å²) in [6.07, 6.45) is 2.10. The molecule has 1 aliphatic rings. The zero-order chi connectivity index (χ0) is 9.84. The maximum absolute atomic E-state index is 11.3. The van der Waals surface area contributed by atoms with Crippen molar-refractivity contribution < 1.29 is 14.4 Å². The fraction of sp³-hybridized carbons (Fsp3) is 0.667. The van der Waals surface area contributed by atoms with E-state index in [4.69, 9.17) is 0 Å². The van der Waals surface area contributed by atoms with Crippen molar-refractivity contribution in [1.29, 1.82) is 0 Å². The molecule has 1 atom stereocenters. The van der Waals surface area contributed by atoms with E-state index in [0.717, 1.165) is 6.29 Å². The first-order chi connectivity index (χ1) is 6.16. The van der Waals surface area contributed by atoms with Crippen LogP contribution in [0.25, 0.3) is 0 Å². The highest BCUT2D eigenvalue weighted by Gasteiger charge is 2.34. The van der Waals surface area contributed by atoms with Gasteiger partial charge in [0.1, 0.15) is 6.29 Å². The third kappa shape index (κ3) is 2.14. The Bertz CT molecular complexity index is 237. The Hall–Kier alpha value is -1.19. The third-order valence-electron chi connectivity index (χ3n) is 2.17. The quantitative estimate of drug-likeness (QED) is 0.359. The molecule has 0 bridgehead atoms. The van der Waals surface area contributed by atoms with E-state index in [9.17, 15) is 14.4 Å². The number of carbonyl (C=O) groups is 3. The van der Waals surface area contributed by atoms with Gasteiger partial charge in [-0.15, -0.1) is 0 Å². The smallest absolute Gasteiger partial charge is 0.232 e. The summed E-state index contributed by atoms with van der Waals surface area (Å²) in [7, 11) is 0. The van der Waals surface area contributed by atoms with E-state index in [1.807, 2.05) is 0 Å². The summed E-state index contributed by atoms with van der Waals surface area (Å²) < 4.78 is 0. The van der Waals surface area contributed by atoms with E-state index in [1.54, 1.807) is 6.92 Å². The number of hydrogen-bond donors (Lipinski definition) is 0. The number of aldehydes is 1. The summed E-state index contributed by atoms with van der Waals surface area (Å²) in [5, 5.41) is 0. The van der Waals surface area contributed by atoms with Crippen LogP contribution in [0.5, 0.6) is 0 Å². The van der Waals surface area contributed by atoms with Crippen LogP contribution >= 0.6 is 0 Å². The van der Waals surface area contributed by atoms with Crippen LogP contribution in [-0.2, 0) is 14.4 Å². The van der Waals surface area contributed by atoms with Crippen molar-refractivity contribution >= 4 is 18.1 Å². The van der Waals surface area contributed by atoms with Gasteiger partial charge in [0.25, 0.3) is 0 Å². The van der Waals surface area contributed by atoms with Crippen molar-refractivity contribution in [3.63, 3.8) is 0 Å². The zero-order valence-corrected chi connectivity index (χ0v) is 7.66. The third-order valence-corrected chi connectivity index (χ3v) is 2.17. The first-order valence-corrected chi connectivity index (χ1v) is 4.44. The average Bonchev–Trinajstić information content (AvgIpc) is 2.32. The molecular formula is C9H13NO3. The lowest BCUT2D eigenvalue weighted by molar-refractivity contribution is -0.139. The molecule has 4 nitrogen and oxygen atoms in total. The fourth-order valence-corrected chi connectivity index (χ4v) is 1.42. The van der Waals surface area contributed by atoms with Crippen LogP contribution in [0.2, 0.25) is 0 Å². The SMILES string of the molecule is CC1CC(=O)N(CCCC=O)C1=O. The highest BCUT2D eigenvalue weighted by atomic mass is 16.2. The van der Waals surface area contributed by atoms with Gasteiger partial charge in [-0.05, 0) is 6.42 Å². The van der Waals surface area contributed by atoms with Crippen LogP contribution in [0, 0.1) is 5.92 Å². The van der Waals surface area contributed by atoms with Gasteiger partial charge >= 0.3 is 0 Å². The molecule has 2 amide bonds. The second-order valence-electron chi connectivity index (χ2n) is 3.30. The van der Waals surface area contributed by atoms with Gasteiger partial charge in [-0.3, -0.25) is 14.5 Å². The van der Waals surface area contributed by atoms with Gasteiger partial charge in [-0.25, -0.2) is 0 Å². The Kier molecular flexibility index (Phi) is 3.17. The summed E-state index contributed by atoms with van der Waals surface area (Å²) in [5.41, 5.74) is 0. The van der Waals surface area contributed by atoms with Crippen molar-refractivity contribution in [2.45, 2.75) is 26.2 Å². The minimum atomic E-state index is -0.177. The van der Waals surface area contributed by atoms with E-state index in [0.29, 0.717) is 25.8 Å². The molecular weight excluding hydrogens is 170 g/mol. The predicted molar refractivity (Wildman–Crippen MR) is 45.8 cm³/mol. The standard InChI is InChI=1S/C9H13NO3/c1-7-6-8(12)10(9(7)13)4-2-3-5-11/h5,7H,2-4,6H2,1H3. The zero-order valence-electron chi connectivity index (χ0n) is 7.66. The lowest BCUT2D eigenvalue weighted by Gasteiger charge is -2.12. The van der Waals surface area contributed by atoms with Gasteiger partial charge in [0.15, 0.2) is 0 Å². The number of rotatable bonds is 4. The van der Waals surface area contributed by atoms with Crippen LogP contribution in [0.15, 0.2) is 0 Å². The first kappa shape index (κ1) is 9.89. The summed E-state index contributed by atoms with van der Waals surface area (Å²) in [6.45, 7) is 2.14. The number of carbonyl (C=O) groups excluding carboxylic acids is 3. The van der Waals surface area contributed by atoms with E-state index >= 15 is 0 Å². The van der Waals surface area contributed by atoms with Gasteiger partial charge < -0.3 is 4.79 Å². The Morgan fingerprint density at radius 2 is 2.23 bits per heavy atom. The molecule has 0 radical (unpaired) electrons. The number of unbranched alkanes of at least 4 members (excludes halogenated alkanes) is 1. The molecule has 0 spiro atoms. The van der Waals surface area contributed by atoms with Gasteiger partial charge in [-0.1, -0.05) is 6.92 Å². The topological polar surface area (TPSA) is 54.5 Å². The summed E-state index contributed by atoms with van der Waals surface area (Å²) in [6, 6.07) is 0. The second-order valence-corrected chi connectivity index (χ2v) is 3.30. The molecule has 72 valence electrons. The highest BCUT2D eigenvalue weighted by molar-refractivity contribution is 6.03. The van der Waals surface area contributed by atoms with E-state index < -0.39 is 0 Å². The van der Waals surface area contributed by atoms with Crippen LogP contribution in [0.1, 0.15) is 26.2 Å². The molecule has 13 heavy (non-hydrogen) atoms. The molecule has 0 aromatic rings. The van der Waals surface area contributed by atoms with Gasteiger partial charge in [0.2, 0.25) is 11.8 Å². The molecule has 1 saturated heterocycles. The van der Waals surface area contributed by atoms with Gasteiger partial charge in [0, 0.05) is 25.3 Å². The molecule has 0 saturated carbocycles. The van der Waals surface area contributed by atoms with E-state index in [-0.39, 0.29) is 17.7 Å². The fourth-order valence-electron chi connectivity index (χ4n) is 1.42. The van der Waals surface area contributed by atoms with Crippen LogP contribution in [-0.4, -0.2) is 29.5 Å². The van der Waals surface area contributed by atoms with Crippen LogP contribution in [0.4, 0.5) is 0 Å². The Balaban J connectivity index is 2.44. The summed E-state index contributed by atoms with van der Waals surface area (Å²) in [4.78, 5) is 33.8. The maximum Gasteiger partial charge on any atom is 0.232 e. The maximum atomic E-state index is 11.3. The molecule has 1 fully saturated rings. The normalized spacial score (nSPS) is 22.5. The van der Waals surface area contributed by atoms with Crippen molar-refractivity contribution in [3.05, 3.63) is 0 Å². The second kappa shape index (κ2) is 4.16. The monoisotopic (exact) mass is 183 g/mol. The number of hydrogen-bond acceptors (Lipinski definition) is 3. The molecule has 0 N–H and O–H groups in total. The predicted octanol–water partition coefficient (Wildman–Crippen LogP) is 0.361. The van der Waals surface area contributed by atoms with Crippen molar-refractivity contribution in [2.24, 2.45) is 5.92 Å². The largest absolute Gasteiger partial charge is 0.303 e. The Morgan fingerprint density at radius 1 is 1.54 bits per heavy atom. The lowest BCUT2D eigenvalue weighted by Crippen LogP contribution is -2.31. The minimum Gasteiger partial charge on any atom is -0.303 e. The highest BCUT2D eigenvalue weighted by Crippen LogP contribution is 2.18. The minimum absolute atomic E-state index is 0.101. The van der Waals surface area contributed by atoms with Gasteiger partial charge in [0.05, 0.1) is 0 Å². The lowest BCUT2D eigenvalue weighted by atomic mass is 10.1. The molecule has 1 rings (SSSR count). The Morgan fingerprint density at radius 3 is 2.69 bits per heavy atom. The molecule has 0 aromatic carbocycles. The van der Waals surface area contributed by atoms with Crippen LogP contribution in [0.3, 0.4) is 0 Å². The van der Waals surface area contributed by atoms with Gasteiger partial charge in [-0.2, -0.15) is 0 Å². The number of likely N-dealkylation sites (tertiary alicyclic amines) is 1. The molecule has 0 aromatic heterocycles. The Labute approximate surface area is 76.9 Å². The number of nitrogens with zero attached hydrogens (tertiary/aromatic N) is 1. The molecule has 1 unspecified atom stereocenters. The first-order valence-electron chi connectivity index (χ1n) is 4.44. The molecule has 4 heteroatoms. The summed E-state index contributed by atoms with van der Waals surface area (Å²) >= 11 is 0. The summed E-state index contributed by atoms with van der Waals surface area (Å²) in [5.74, 6) is -0.386. The molecule has 0 aliphatic carbocycles. The van der Waals surface area contributed by atoms with Crippen molar-refractivity contribution in [3.8, 4) is 0 Å². The van der Waals surface area contributed by atoms with E-state index in [2.05, 4.69) is 0 Å².